The van der Waals surface area contributed by atoms with Crippen LogP contribution in [0, 0.1) is 0 Å². The Morgan fingerprint density at radius 1 is 1.20 bits per heavy atom. The number of ether oxygens (including phenoxy) is 2. The highest BCUT2D eigenvalue weighted by atomic mass is 79.9. The van der Waals surface area contributed by atoms with Crippen LogP contribution in [0.3, 0.4) is 0 Å². The van der Waals surface area contributed by atoms with Gasteiger partial charge in [0.25, 0.3) is 0 Å². The van der Waals surface area contributed by atoms with Gasteiger partial charge in [0, 0.05) is 10.5 Å². The van der Waals surface area contributed by atoms with E-state index in [1.54, 1.807) is 12.1 Å². The molecule has 8 heteroatoms. The van der Waals surface area contributed by atoms with Crippen LogP contribution in [0.15, 0.2) is 22.9 Å². The maximum atomic E-state index is 6.08. The van der Waals surface area contributed by atoms with E-state index in [1.807, 2.05) is 6.92 Å². The van der Waals surface area contributed by atoms with Crippen LogP contribution in [-0.2, 0) is 0 Å². The second-order valence-electron chi connectivity index (χ2n) is 3.63. The largest absolute Gasteiger partial charge is 0.476 e. The third kappa shape index (κ3) is 3.26. The van der Waals surface area contributed by atoms with Gasteiger partial charge in [0.15, 0.2) is 5.69 Å². The van der Waals surface area contributed by atoms with Crippen LogP contribution in [0.1, 0.15) is 6.92 Å². The van der Waals surface area contributed by atoms with Crippen LogP contribution >= 0.6 is 39.1 Å². The monoisotopic (exact) mass is 377 g/mol. The van der Waals surface area contributed by atoms with Crippen molar-refractivity contribution in [2.75, 3.05) is 12.3 Å². The summed E-state index contributed by atoms with van der Waals surface area (Å²) in [4.78, 5) is 7.88. The maximum absolute atomic E-state index is 6.08. The first-order chi connectivity index (χ1) is 9.52. The van der Waals surface area contributed by atoms with Gasteiger partial charge in [-0.25, -0.2) is 0 Å². The smallest absolute Gasteiger partial charge is 0.249 e. The number of nitrogen functional groups attached to an aromatic ring is 1. The zero-order valence-electron chi connectivity index (χ0n) is 10.4. The van der Waals surface area contributed by atoms with Crippen LogP contribution in [-0.4, -0.2) is 16.6 Å². The highest BCUT2D eigenvalue weighted by Crippen LogP contribution is 2.38. The highest BCUT2D eigenvalue weighted by Gasteiger charge is 2.14. The molecule has 0 atom stereocenters. The number of hydrogen-bond donors (Lipinski definition) is 1. The van der Waals surface area contributed by atoms with Crippen molar-refractivity contribution in [3.63, 3.8) is 0 Å². The lowest BCUT2D eigenvalue weighted by Gasteiger charge is -2.11. The molecule has 2 aromatic rings. The first-order valence-corrected chi connectivity index (χ1v) is 7.13. The molecule has 0 aliphatic carbocycles. The quantitative estimate of drug-likeness (QED) is 0.802. The molecule has 2 rings (SSSR count). The van der Waals surface area contributed by atoms with E-state index in [-0.39, 0.29) is 17.4 Å². The summed E-state index contributed by atoms with van der Waals surface area (Å²) in [6.07, 6.45) is 1.30. The molecule has 1 heterocycles. The summed E-state index contributed by atoms with van der Waals surface area (Å²) in [5, 5.41) is 0.833. The first kappa shape index (κ1) is 15.2. The van der Waals surface area contributed by atoms with Crippen LogP contribution < -0.4 is 15.2 Å². The van der Waals surface area contributed by atoms with E-state index >= 15 is 0 Å². The van der Waals surface area contributed by atoms with Crippen LogP contribution in [0.4, 0.5) is 5.69 Å². The number of aromatic nitrogens is 2. The molecule has 1 aromatic heterocycles. The minimum atomic E-state index is 0.156. The zero-order chi connectivity index (χ0) is 14.7. The number of benzene rings is 1. The Labute approximate surface area is 134 Å². The topological polar surface area (TPSA) is 70.3 Å². The molecule has 0 saturated carbocycles. The molecule has 0 spiro atoms. The zero-order valence-corrected chi connectivity index (χ0v) is 13.5. The average molecular weight is 379 g/mol. The second-order valence-corrected chi connectivity index (χ2v) is 5.30. The SMILES string of the molecule is CCOc1ncnc(Oc2cc(Cl)c(Br)cc2Cl)c1N. The van der Waals surface area contributed by atoms with Crippen molar-refractivity contribution in [2.24, 2.45) is 0 Å². The summed E-state index contributed by atoms with van der Waals surface area (Å²) >= 11 is 15.3. The van der Waals surface area contributed by atoms with Gasteiger partial charge >= 0.3 is 0 Å². The summed E-state index contributed by atoms with van der Waals surface area (Å²) in [5.74, 6) is 0.758. The van der Waals surface area contributed by atoms with Crippen LogP contribution in [0.25, 0.3) is 0 Å². The number of halogens is 3. The molecular weight excluding hydrogens is 369 g/mol. The van der Waals surface area contributed by atoms with Crippen molar-refractivity contribution in [2.45, 2.75) is 6.92 Å². The second kappa shape index (κ2) is 6.47. The summed E-state index contributed by atoms with van der Waals surface area (Å²) in [5.41, 5.74) is 6.07. The Hall–Kier alpha value is -1.24. The lowest BCUT2D eigenvalue weighted by molar-refractivity contribution is 0.325. The van der Waals surface area contributed by atoms with Crippen molar-refractivity contribution < 1.29 is 9.47 Å². The summed E-state index contributed by atoms with van der Waals surface area (Å²) in [6.45, 7) is 2.26. The van der Waals surface area contributed by atoms with Gasteiger partial charge in [0.05, 0.1) is 16.7 Å². The van der Waals surface area contributed by atoms with Crippen molar-refractivity contribution >= 4 is 44.8 Å². The van der Waals surface area contributed by atoms with E-state index in [0.29, 0.717) is 26.9 Å². The Balaban J connectivity index is 2.35. The van der Waals surface area contributed by atoms with Gasteiger partial charge in [-0.1, -0.05) is 23.2 Å². The number of anilines is 1. The van der Waals surface area contributed by atoms with Crippen LogP contribution in [0.2, 0.25) is 10.0 Å². The number of rotatable bonds is 4. The lowest BCUT2D eigenvalue weighted by Crippen LogP contribution is -2.03. The van der Waals surface area contributed by atoms with Crippen molar-refractivity contribution in [3.8, 4) is 17.5 Å². The van der Waals surface area contributed by atoms with Gasteiger partial charge in [0.1, 0.15) is 12.1 Å². The Morgan fingerprint density at radius 3 is 2.60 bits per heavy atom. The minimum absolute atomic E-state index is 0.156. The first-order valence-electron chi connectivity index (χ1n) is 5.58. The number of hydrogen-bond acceptors (Lipinski definition) is 5. The summed E-state index contributed by atoms with van der Waals surface area (Å²) < 4.78 is 11.5. The predicted molar refractivity (Wildman–Crippen MR) is 81.8 cm³/mol. The van der Waals surface area contributed by atoms with E-state index in [2.05, 4.69) is 25.9 Å². The molecule has 0 unspecified atom stereocenters. The molecular formula is C12H10BrCl2N3O2. The van der Waals surface area contributed by atoms with Crippen molar-refractivity contribution in [3.05, 3.63) is 33.0 Å². The van der Waals surface area contributed by atoms with Gasteiger partial charge in [-0.05, 0) is 28.9 Å². The van der Waals surface area contributed by atoms with E-state index in [9.17, 15) is 0 Å². The molecule has 2 N–H and O–H groups in total. The molecule has 5 nitrogen and oxygen atoms in total. The molecule has 0 bridgehead atoms. The normalized spacial score (nSPS) is 10.4. The fourth-order valence-corrected chi connectivity index (χ4v) is 2.22. The molecule has 0 amide bonds. The van der Waals surface area contributed by atoms with Crippen molar-refractivity contribution in [1.82, 2.24) is 9.97 Å². The maximum Gasteiger partial charge on any atom is 0.249 e. The molecule has 0 aliphatic rings. The molecule has 20 heavy (non-hydrogen) atoms. The molecule has 0 aliphatic heterocycles. The molecule has 0 radical (unpaired) electrons. The average Bonchev–Trinajstić information content (AvgIpc) is 2.40. The summed E-state index contributed by atoms with van der Waals surface area (Å²) in [7, 11) is 0. The van der Waals surface area contributed by atoms with Gasteiger partial charge in [-0.3, -0.25) is 0 Å². The highest BCUT2D eigenvalue weighted by molar-refractivity contribution is 9.10. The van der Waals surface area contributed by atoms with Crippen molar-refractivity contribution in [1.29, 1.82) is 0 Å². The standard InChI is InChI=1S/C12H10BrCl2N3O2/c1-2-19-11-10(16)12(18-5-17-11)20-9-4-7(14)6(13)3-8(9)15/h3-5H,2,16H2,1H3. The van der Waals surface area contributed by atoms with Gasteiger partial charge in [0.2, 0.25) is 11.8 Å². The van der Waals surface area contributed by atoms with Gasteiger partial charge in [-0.15, -0.1) is 0 Å². The lowest BCUT2D eigenvalue weighted by atomic mass is 10.3. The minimum Gasteiger partial charge on any atom is -0.476 e. The molecule has 0 saturated heterocycles. The van der Waals surface area contributed by atoms with Crippen LogP contribution in [0.5, 0.6) is 17.5 Å². The fourth-order valence-electron chi connectivity index (χ4n) is 1.38. The molecule has 1 aromatic carbocycles. The van der Waals surface area contributed by atoms with Gasteiger partial charge < -0.3 is 15.2 Å². The van der Waals surface area contributed by atoms with E-state index < -0.39 is 0 Å². The van der Waals surface area contributed by atoms with E-state index in [4.69, 9.17) is 38.4 Å². The van der Waals surface area contributed by atoms with E-state index in [1.165, 1.54) is 6.33 Å². The third-order valence-electron chi connectivity index (χ3n) is 2.27. The summed E-state index contributed by atoms with van der Waals surface area (Å²) in [6, 6.07) is 3.19. The Kier molecular flexibility index (Phi) is 4.91. The predicted octanol–water partition coefficient (Wildman–Crippen LogP) is 4.32. The molecule has 106 valence electrons. The number of nitrogens with two attached hydrogens (primary N) is 1. The van der Waals surface area contributed by atoms with Gasteiger partial charge in [-0.2, -0.15) is 9.97 Å². The number of nitrogens with zero attached hydrogens (tertiary/aromatic N) is 2. The third-order valence-corrected chi connectivity index (χ3v) is 3.77. The van der Waals surface area contributed by atoms with E-state index in [0.717, 1.165) is 0 Å². The fraction of sp³-hybridized carbons (Fsp3) is 0.167. The molecule has 0 fully saturated rings. The Bertz CT molecular complexity index is 640. The Morgan fingerprint density at radius 2 is 1.90 bits per heavy atom.